The summed E-state index contributed by atoms with van der Waals surface area (Å²) in [7, 11) is 1.55. The molecular formula is C22H20N4O4. The van der Waals surface area contributed by atoms with Crippen molar-refractivity contribution in [3.05, 3.63) is 83.2 Å². The summed E-state index contributed by atoms with van der Waals surface area (Å²) in [5, 5.41) is 19.6. The van der Waals surface area contributed by atoms with Crippen molar-refractivity contribution in [2.24, 2.45) is 0 Å². The number of ether oxygens (including phenoxy) is 1. The van der Waals surface area contributed by atoms with E-state index >= 15 is 0 Å². The SMILES string of the molecule is COc1ccccc1[C@@H]1C=C(C(=O)O)Nc2c(C(=O)Nc3ccc(C)cc3)cnn21. The molecule has 0 aliphatic carbocycles. The summed E-state index contributed by atoms with van der Waals surface area (Å²) >= 11 is 0. The Hall–Kier alpha value is -4.07. The lowest BCUT2D eigenvalue weighted by Gasteiger charge is -2.25. The Morgan fingerprint density at radius 1 is 1.17 bits per heavy atom. The van der Waals surface area contributed by atoms with Crippen LogP contribution in [0, 0.1) is 6.92 Å². The molecule has 1 aromatic heterocycles. The van der Waals surface area contributed by atoms with Gasteiger partial charge in [-0.15, -0.1) is 0 Å². The fraction of sp³-hybridized carbons (Fsp3) is 0.136. The van der Waals surface area contributed by atoms with Crippen molar-refractivity contribution in [1.82, 2.24) is 9.78 Å². The number of aryl methyl sites for hydroxylation is 1. The number of methoxy groups -OCH3 is 1. The van der Waals surface area contributed by atoms with Crippen LogP contribution in [0.4, 0.5) is 11.5 Å². The number of fused-ring (bicyclic) bond motifs is 1. The van der Waals surface area contributed by atoms with E-state index in [1.165, 1.54) is 6.20 Å². The second kappa shape index (κ2) is 7.75. The number of carbonyl (C=O) groups excluding carboxylic acids is 1. The molecule has 8 heteroatoms. The van der Waals surface area contributed by atoms with Crippen LogP contribution in [-0.2, 0) is 4.79 Å². The van der Waals surface area contributed by atoms with Gasteiger partial charge in [-0.1, -0.05) is 35.9 Å². The number of anilines is 2. The Bertz CT molecular complexity index is 1150. The van der Waals surface area contributed by atoms with E-state index in [0.29, 0.717) is 17.3 Å². The normalized spacial score (nSPS) is 14.9. The molecular weight excluding hydrogens is 384 g/mol. The molecule has 152 valence electrons. The Morgan fingerprint density at radius 3 is 2.60 bits per heavy atom. The molecule has 2 heterocycles. The number of carbonyl (C=O) groups is 2. The van der Waals surface area contributed by atoms with Crippen molar-refractivity contribution in [1.29, 1.82) is 0 Å². The third kappa shape index (κ3) is 3.50. The molecule has 2 aromatic carbocycles. The molecule has 3 aromatic rings. The zero-order valence-corrected chi connectivity index (χ0v) is 16.4. The fourth-order valence-corrected chi connectivity index (χ4v) is 3.35. The van der Waals surface area contributed by atoms with E-state index in [4.69, 9.17) is 4.74 Å². The van der Waals surface area contributed by atoms with Gasteiger partial charge >= 0.3 is 5.97 Å². The van der Waals surface area contributed by atoms with Gasteiger partial charge < -0.3 is 20.5 Å². The van der Waals surface area contributed by atoms with Crippen LogP contribution in [0.15, 0.2) is 66.5 Å². The molecule has 3 N–H and O–H groups in total. The van der Waals surface area contributed by atoms with E-state index < -0.39 is 17.9 Å². The van der Waals surface area contributed by atoms with E-state index in [9.17, 15) is 14.7 Å². The first-order valence-electron chi connectivity index (χ1n) is 9.28. The quantitative estimate of drug-likeness (QED) is 0.602. The van der Waals surface area contributed by atoms with Crippen LogP contribution in [0.1, 0.15) is 27.5 Å². The van der Waals surface area contributed by atoms with E-state index in [-0.39, 0.29) is 11.3 Å². The van der Waals surface area contributed by atoms with Crippen molar-refractivity contribution in [2.45, 2.75) is 13.0 Å². The first-order chi connectivity index (χ1) is 14.5. The van der Waals surface area contributed by atoms with Crippen LogP contribution in [0.2, 0.25) is 0 Å². The molecule has 1 aliphatic heterocycles. The number of carboxylic acid groups (broad SMARTS) is 1. The third-order valence-corrected chi connectivity index (χ3v) is 4.88. The molecule has 0 radical (unpaired) electrons. The number of amides is 1. The summed E-state index contributed by atoms with van der Waals surface area (Å²) in [5.41, 5.74) is 2.64. The average molecular weight is 404 g/mol. The summed E-state index contributed by atoms with van der Waals surface area (Å²) in [4.78, 5) is 24.6. The lowest BCUT2D eigenvalue weighted by molar-refractivity contribution is -0.132. The highest BCUT2D eigenvalue weighted by Gasteiger charge is 2.30. The minimum Gasteiger partial charge on any atom is -0.496 e. The van der Waals surface area contributed by atoms with Crippen molar-refractivity contribution < 1.29 is 19.4 Å². The predicted octanol–water partition coefficient (Wildman–Crippen LogP) is 3.44. The number of aliphatic carboxylic acids is 1. The Kier molecular flexibility index (Phi) is 4.97. The number of allylic oxidation sites excluding steroid dienone is 1. The second-order valence-corrected chi connectivity index (χ2v) is 6.87. The molecule has 0 fully saturated rings. The molecule has 0 bridgehead atoms. The number of nitrogens with zero attached hydrogens (tertiary/aromatic N) is 2. The third-order valence-electron chi connectivity index (χ3n) is 4.88. The monoisotopic (exact) mass is 404 g/mol. The van der Waals surface area contributed by atoms with E-state index in [1.807, 2.05) is 37.3 Å². The number of hydrogen-bond acceptors (Lipinski definition) is 5. The summed E-state index contributed by atoms with van der Waals surface area (Å²) in [6, 6.07) is 14.1. The standard InChI is InChI=1S/C22H20N4O4/c1-13-7-9-14(10-8-13)24-21(27)16-12-23-26-18(11-17(22(28)29)25-20(16)26)15-5-3-4-6-19(15)30-2/h3-12,18,25H,1-2H3,(H,24,27)(H,28,29)/t18-/m0/s1. The Morgan fingerprint density at radius 2 is 1.90 bits per heavy atom. The van der Waals surface area contributed by atoms with Gasteiger partial charge in [0.2, 0.25) is 0 Å². The summed E-state index contributed by atoms with van der Waals surface area (Å²) in [5.74, 6) is -0.627. The number of nitrogens with one attached hydrogen (secondary N) is 2. The molecule has 1 atom stereocenters. The number of para-hydroxylation sites is 1. The molecule has 0 unspecified atom stereocenters. The van der Waals surface area contributed by atoms with Gasteiger partial charge in [-0.25, -0.2) is 9.48 Å². The molecule has 4 rings (SSSR count). The fourth-order valence-electron chi connectivity index (χ4n) is 3.35. The van der Waals surface area contributed by atoms with Crippen LogP contribution in [-0.4, -0.2) is 33.9 Å². The van der Waals surface area contributed by atoms with Crippen molar-refractivity contribution in [3.63, 3.8) is 0 Å². The maximum absolute atomic E-state index is 12.9. The van der Waals surface area contributed by atoms with E-state index in [2.05, 4.69) is 15.7 Å². The largest absolute Gasteiger partial charge is 0.496 e. The van der Waals surface area contributed by atoms with Crippen molar-refractivity contribution in [3.8, 4) is 5.75 Å². The Balaban J connectivity index is 1.74. The van der Waals surface area contributed by atoms with E-state index in [0.717, 1.165) is 11.1 Å². The highest BCUT2D eigenvalue weighted by Crippen LogP contribution is 2.36. The van der Waals surface area contributed by atoms with Crippen molar-refractivity contribution >= 4 is 23.4 Å². The summed E-state index contributed by atoms with van der Waals surface area (Å²) in [6.07, 6.45) is 2.97. The maximum Gasteiger partial charge on any atom is 0.352 e. The van der Waals surface area contributed by atoms with E-state index in [1.54, 1.807) is 36.1 Å². The highest BCUT2D eigenvalue weighted by atomic mass is 16.5. The minimum absolute atomic E-state index is 0.0386. The number of carboxylic acids is 1. The first kappa shape index (κ1) is 19.3. The van der Waals surface area contributed by atoms with Gasteiger partial charge in [-0.2, -0.15) is 5.10 Å². The predicted molar refractivity (Wildman–Crippen MR) is 112 cm³/mol. The molecule has 30 heavy (non-hydrogen) atoms. The lowest BCUT2D eigenvalue weighted by Crippen LogP contribution is -2.26. The van der Waals surface area contributed by atoms with Crippen molar-refractivity contribution in [2.75, 3.05) is 17.7 Å². The number of hydrogen-bond donors (Lipinski definition) is 3. The van der Waals surface area contributed by atoms with Gasteiger partial charge in [0.25, 0.3) is 5.91 Å². The van der Waals surface area contributed by atoms with Crippen LogP contribution in [0.3, 0.4) is 0 Å². The highest BCUT2D eigenvalue weighted by molar-refractivity contribution is 6.08. The molecule has 8 nitrogen and oxygen atoms in total. The number of aromatic nitrogens is 2. The topological polar surface area (TPSA) is 105 Å². The molecule has 0 saturated heterocycles. The summed E-state index contributed by atoms with van der Waals surface area (Å²) < 4.78 is 7.01. The van der Waals surface area contributed by atoms with Gasteiger partial charge in [0.15, 0.2) is 0 Å². The minimum atomic E-state index is -1.13. The second-order valence-electron chi connectivity index (χ2n) is 6.87. The van der Waals surface area contributed by atoms with Crippen LogP contribution in [0.25, 0.3) is 0 Å². The van der Waals surface area contributed by atoms with Gasteiger partial charge in [-0.05, 0) is 31.2 Å². The molecule has 0 saturated carbocycles. The number of benzene rings is 2. The van der Waals surface area contributed by atoms with Crippen LogP contribution < -0.4 is 15.4 Å². The summed E-state index contributed by atoms with van der Waals surface area (Å²) in [6.45, 7) is 1.96. The van der Waals surface area contributed by atoms with Gasteiger partial charge in [0, 0.05) is 11.3 Å². The number of rotatable bonds is 5. The Labute approximate surface area is 172 Å². The average Bonchev–Trinajstić information content (AvgIpc) is 3.19. The van der Waals surface area contributed by atoms with Gasteiger partial charge in [0.1, 0.15) is 28.9 Å². The van der Waals surface area contributed by atoms with Gasteiger partial charge in [-0.3, -0.25) is 4.79 Å². The van der Waals surface area contributed by atoms with Crippen LogP contribution >= 0.6 is 0 Å². The first-order valence-corrected chi connectivity index (χ1v) is 9.28. The molecule has 1 aliphatic rings. The smallest absolute Gasteiger partial charge is 0.352 e. The maximum atomic E-state index is 12.9. The van der Waals surface area contributed by atoms with Gasteiger partial charge in [0.05, 0.1) is 13.3 Å². The lowest BCUT2D eigenvalue weighted by atomic mass is 10.0. The van der Waals surface area contributed by atoms with Crippen LogP contribution in [0.5, 0.6) is 5.75 Å². The molecule has 1 amide bonds. The zero-order valence-electron chi connectivity index (χ0n) is 16.4. The zero-order chi connectivity index (χ0) is 21.3. The molecule has 0 spiro atoms.